The van der Waals surface area contributed by atoms with Crippen molar-refractivity contribution in [2.24, 2.45) is 0 Å². The molecule has 0 heterocycles. The predicted octanol–water partition coefficient (Wildman–Crippen LogP) is 2.07. The SMILES string of the molecule is O=C1Cc2ccccc2C(=O)c2c1ccc(O)c2O. The molecule has 3 rings (SSSR count). The number of rotatable bonds is 0. The van der Waals surface area contributed by atoms with E-state index in [2.05, 4.69) is 0 Å². The number of phenols is 2. The Morgan fingerprint density at radius 1 is 0.895 bits per heavy atom. The summed E-state index contributed by atoms with van der Waals surface area (Å²) in [5.74, 6) is -1.62. The van der Waals surface area contributed by atoms with E-state index in [1.165, 1.54) is 12.1 Å². The minimum absolute atomic E-state index is 0.110. The van der Waals surface area contributed by atoms with Gasteiger partial charge in [0.2, 0.25) is 0 Å². The van der Waals surface area contributed by atoms with Crippen LogP contribution < -0.4 is 0 Å². The van der Waals surface area contributed by atoms with Gasteiger partial charge in [0.25, 0.3) is 0 Å². The quantitative estimate of drug-likeness (QED) is 0.706. The maximum atomic E-state index is 12.4. The second kappa shape index (κ2) is 3.95. The molecule has 0 aromatic heterocycles. The van der Waals surface area contributed by atoms with Gasteiger partial charge in [-0.25, -0.2) is 0 Å². The van der Waals surface area contributed by atoms with Gasteiger partial charge in [-0.3, -0.25) is 9.59 Å². The zero-order valence-electron chi connectivity index (χ0n) is 9.88. The van der Waals surface area contributed by atoms with Crippen LogP contribution in [-0.2, 0) is 6.42 Å². The molecule has 0 spiro atoms. The number of hydrogen-bond donors (Lipinski definition) is 2. The predicted molar refractivity (Wildman–Crippen MR) is 67.7 cm³/mol. The summed E-state index contributed by atoms with van der Waals surface area (Å²) < 4.78 is 0. The van der Waals surface area contributed by atoms with E-state index in [0.29, 0.717) is 11.1 Å². The van der Waals surface area contributed by atoms with Crippen molar-refractivity contribution >= 4 is 11.6 Å². The molecule has 0 saturated carbocycles. The average Bonchev–Trinajstić information content (AvgIpc) is 2.51. The molecule has 2 N–H and O–H groups in total. The molecule has 0 saturated heterocycles. The van der Waals surface area contributed by atoms with Crippen molar-refractivity contribution in [2.45, 2.75) is 6.42 Å². The zero-order valence-corrected chi connectivity index (χ0v) is 9.88. The minimum Gasteiger partial charge on any atom is -0.504 e. The molecule has 0 bridgehead atoms. The fourth-order valence-electron chi connectivity index (χ4n) is 2.34. The summed E-state index contributed by atoms with van der Waals surface area (Å²) in [5, 5.41) is 19.4. The second-order valence-electron chi connectivity index (χ2n) is 4.44. The summed E-state index contributed by atoms with van der Waals surface area (Å²) >= 11 is 0. The average molecular weight is 254 g/mol. The summed E-state index contributed by atoms with van der Waals surface area (Å²) in [6.07, 6.45) is 0.110. The molecule has 0 amide bonds. The van der Waals surface area contributed by atoms with Crippen LogP contribution in [0.1, 0.15) is 31.8 Å². The van der Waals surface area contributed by atoms with Gasteiger partial charge in [0.05, 0.1) is 5.56 Å². The monoisotopic (exact) mass is 254 g/mol. The Morgan fingerprint density at radius 2 is 1.63 bits per heavy atom. The topological polar surface area (TPSA) is 74.6 Å². The highest BCUT2D eigenvalue weighted by molar-refractivity contribution is 6.20. The number of benzene rings is 2. The zero-order chi connectivity index (χ0) is 13.6. The Balaban J connectivity index is 2.35. The van der Waals surface area contributed by atoms with Crippen molar-refractivity contribution in [2.75, 3.05) is 0 Å². The fourth-order valence-corrected chi connectivity index (χ4v) is 2.34. The van der Waals surface area contributed by atoms with Crippen LogP contribution in [0.5, 0.6) is 11.5 Å². The summed E-state index contributed by atoms with van der Waals surface area (Å²) in [5.41, 5.74) is 1.05. The molecule has 0 atom stereocenters. The molecule has 1 aliphatic rings. The third-order valence-electron chi connectivity index (χ3n) is 3.30. The molecule has 4 heteroatoms. The standard InChI is InChI=1S/C15H10O4/c16-11-6-5-10-12(17)7-8-3-1-2-4-9(8)14(18)13(10)15(11)19/h1-6,16,19H,7H2. The highest BCUT2D eigenvalue weighted by atomic mass is 16.3. The number of carbonyl (C=O) groups excluding carboxylic acids is 2. The summed E-state index contributed by atoms with van der Waals surface area (Å²) in [4.78, 5) is 24.6. The first kappa shape index (κ1) is 11.5. The molecule has 0 unspecified atom stereocenters. The van der Waals surface area contributed by atoms with Gasteiger partial charge in [-0.15, -0.1) is 0 Å². The summed E-state index contributed by atoms with van der Waals surface area (Å²) in [6, 6.07) is 9.38. The van der Waals surface area contributed by atoms with Crippen LogP contribution in [0.3, 0.4) is 0 Å². The van der Waals surface area contributed by atoms with Gasteiger partial charge in [0.1, 0.15) is 0 Å². The third kappa shape index (κ3) is 1.61. The van der Waals surface area contributed by atoms with Crippen molar-refractivity contribution in [3.63, 3.8) is 0 Å². The smallest absolute Gasteiger partial charge is 0.197 e. The van der Waals surface area contributed by atoms with Gasteiger partial charge in [-0.1, -0.05) is 24.3 Å². The van der Waals surface area contributed by atoms with Crippen molar-refractivity contribution in [1.29, 1.82) is 0 Å². The minimum atomic E-state index is -0.535. The van der Waals surface area contributed by atoms with Crippen LogP contribution in [0, 0.1) is 0 Å². The third-order valence-corrected chi connectivity index (χ3v) is 3.30. The number of hydrogen-bond acceptors (Lipinski definition) is 4. The molecule has 4 nitrogen and oxygen atoms in total. The van der Waals surface area contributed by atoms with E-state index < -0.39 is 17.3 Å². The number of ketones is 2. The highest BCUT2D eigenvalue weighted by Gasteiger charge is 2.29. The van der Waals surface area contributed by atoms with Crippen molar-refractivity contribution < 1.29 is 19.8 Å². The van der Waals surface area contributed by atoms with E-state index >= 15 is 0 Å². The lowest BCUT2D eigenvalue weighted by atomic mass is 9.97. The van der Waals surface area contributed by atoms with E-state index in [1.54, 1.807) is 24.3 Å². The lowest BCUT2D eigenvalue weighted by molar-refractivity contribution is 0.0983. The number of phenolic OH excluding ortho intramolecular Hbond substituents is 2. The number of aromatic hydroxyl groups is 2. The van der Waals surface area contributed by atoms with Crippen molar-refractivity contribution in [3.05, 3.63) is 58.7 Å². The van der Waals surface area contributed by atoms with E-state index in [1.807, 2.05) is 0 Å². The normalized spacial score (nSPS) is 13.7. The first-order valence-corrected chi connectivity index (χ1v) is 5.80. The van der Waals surface area contributed by atoms with Crippen LogP contribution in [0.2, 0.25) is 0 Å². The Labute approximate surface area is 108 Å². The molecule has 19 heavy (non-hydrogen) atoms. The Kier molecular flexibility index (Phi) is 2.38. The van der Waals surface area contributed by atoms with Gasteiger partial charge in [0, 0.05) is 17.5 Å². The lowest BCUT2D eigenvalue weighted by Crippen LogP contribution is -2.06. The molecule has 0 aliphatic heterocycles. The fraction of sp³-hybridized carbons (Fsp3) is 0.0667. The molecule has 1 aliphatic carbocycles. The number of carbonyl (C=O) groups is 2. The summed E-state index contributed by atoms with van der Waals surface area (Å²) in [6.45, 7) is 0. The van der Waals surface area contributed by atoms with Gasteiger partial charge < -0.3 is 10.2 Å². The van der Waals surface area contributed by atoms with E-state index in [9.17, 15) is 19.8 Å². The van der Waals surface area contributed by atoms with Gasteiger partial charge in [-0.05, 0) is 17.7 Å². The van der Waals surface area contributed by atoms with E-state index in [-0.39, 0.29) is 23.3 Å². The van der Waals surface area contributed by atoms with E-state index in [4.69, 9.17) is 0 Å². The first-order valence-electron chi connectivity index (χ1n) is 5.80. The van der Waals surface area contributed by atoms with Crippen molar-refractivity contribution in [3.8, 4) is 11.5 Å². The van der Waals surface area contributed by atoms with E-state index in [0.717, 1.165) is 0 Å². The maximum absolute atomic E-state index is 12.4. The molecular formula is C15H10O4. The number of Topliss-reactive ketones (excluding diaryl/α,β-unsaturated/α-hetero) is 1. The maximum Gasteiger partial charge on any atom is 0.197 e. The van der Waals surface area contributed by atoms with Crippen molar-refractivity contribution in [1.82, 2.24) is 0 Å². The van der Waals surface area contributed by atoms with Gasteiger partial charge >= 0.3 is 0 Å². The second-order valence-corrected chi connectivity index (χ2v) is 4.44. The molecule has 94 valence electrons. The Hall–Kier alpha value is -2.62. The Bertz CT molecular complexity index is 716. The molecular weight excluding hydrogens is 244 g/mol. The Morgan fingerprint density at radius 3 is 2.42 bits per heavy atom. The van der Waals surface area contributed by atoms with Crippen LogP contribution in [-0.4, -0.2) is 21.8 Å². The molecule has 2 aromatic rings. The first-order chi connectivity index (χ1) is 9.09. The van der Waals surface area contributed by atoms with Gasteiger partial charge in [-0.2, -0.15) is 0 Å². The van der Waals surface area contributed by atoms with Crippen LogP contribution in [0.15, 0.2) is 36.4 Å². The lowest BCUT2D eigenvalue weighted by Gasteiger charge is -2.07. The molecule has 0 fully saturated rings. The highest BCUT2D eigenvalue weighted by Crippen LogP contribution is 2.36. The molecule has 2 aromatic carbocycles. The number of fused-ring (bicyclic) bond motifs is 2. The largest absolute Gasteiger partial charge is 0.504 e. The van der Waals surface area contributed by atoms with Gasteiger partial charge in [0.15, 0.2) is 23.1 Å². The molecule has 0 radical (unpaired) electrons. The van der Waals surface area contributed by atoms with Crippen LogP contribution in [0.25, 0.3) is 0 Å². The van der Waals surface area contributed by atoms with Crippen LogP contribution in [0.4, 0.5) is 0 Å². The summed E-state index contributed by atoms with van der Waals surface area (Å²) in [7, 11) is 0. The van der Waals surface area contributed by atoms with Crippen LogP contribution >= 0.6 is 0 Å².